The molecule has 0 aliphatic heterocycles. The van der Waals surface area contributed by atoms with E-state index in [2.05, 4.69) is 10.2 Å². The van der Waals surface area contributed by atoms with Gasteiger partial charge in [-0.3, -0.25) is 4.79 Å². The maximum atomic E-state index is 14.5. The molecule has 1 unspecified atom stereocenters. The Labute approximate surface area is 149 Å². The largest absolute Gasteiger partial charge is 0.312 e. The highest BCUT2D eigenvalue weighted by Crippen LogP contribution is 2.28. The Morgan fingerprint density at radius 1 is 1.08 bits per heavy atom. The summed E-state index contributed by atoms with van der Waals surface area (Å²) in [6, 6.07) is 18.5. The zero-order chi connectivity index (χ0) is 17.8. The lowest BCUT2D eigenvalue weighted by Crippen LogP contribution is -2.32. The zero-order valence-corrected chi connectivity index (χ0v) is 14.7. The van der Waals surface area contributed by atoms with Gasteiger partial charge in [-0.2, -0.15) is 0 Å². The van der Waals surface area contributed by atoms with Crippen molar-refractivity contribution < 1.29 is 9.18 Å². The number of carbonyl (C=O) groups is 1. The summed E-state index contributed by atoms with van der Waals surface area (Å²) >= 11 is 0.748. The molecule has 1 amide bonds. The number of halogens is 1. The van der Waals surface area contributed by atoms with Crippen molar-refractivity contribution in [3.8, 4) is 11.4 Å². The van der Waals surface area contributed by atoms with Crippen molar-refractivity contribution in [1.82, 2.24) is 14.8 Å². The molecule has 1 aromatic heterocycles. The standard InChI is InChI=1S/C18H17FN4OS/c1-22(14-11-7-4-8-12-14)17(24)15(19)25-18-21-20-16(23(18)2)13-9-5-3-6-10-13/h3-12,15H,1-2H3. The summed E-state index contributed by atoms with van der Waals surface area (Å²) in [5.41, 5.74) is -0.247. The number of thioether (sulfide) groups is 1. The molecule has 0 bridgehead atoms. The lowest BCUT2D eigenvalue weighted by Gasteiger charge is -2.19. The molecule has 2 aromatic carbocycles. The third-order valence-corrected chi connectivity index (χ3v) is 4.72. The summed E-state index contributed by atoms with van der Waals surface area (Å²) in [4.78, 5) is 13.6. The summed E-state index contributed by atoms with van der Waals surface area (Å²) < 4.78 is 16.2. The topological polar surface area (TPSA) is 51.0 Å². The Morgan fingerprint density at radius 3 is 2.32 bits per heavy atom. The van der Waals surface area contributed by atoms with Gasteiger partial charge in [0.15, 0.2) is 11.0 Å². The number of alkyl halides is 1. The first-order valence-corrected chi connectivity index (χ1v) is 8.54. The molecular weight excluding hydrogens is 339 g/mol. The van der Waals surface area contributed by atoms with E-state index in [1.807, 2.05) is 36.4 Å². The Morgan fingerprint density at radius 2 is 1.68 bits per heavy atom. The van der Waals surface area contributed by atoms with Crippen LogP contribution in [0.5, 0.6) is 0 Å². The lowest BCUT2D eigenvalue weighted by atomic mass is 10.2. The van der Waals surface area contributed by atoms with E-state index >= 15 is 0 Å². The first kappa shape index (κ1) is 17.2. The molecule has 25 heavy (non-hydrogen) atoms. The predicted octanol–water partition coefficient (Wildman–Crippen LogP) is 3.53. The van der Waals surface area contributed by atoms with Crippen LogP contribution >= 0.6 is 11.8 Å². The minimum atomic E-state index is -1.77. The van der Waals surface area contributed by atoms with Gasteiger partial charge in [0.25, 0.3) is 5.91 Å². The first-order chi connectivity index (χ1) is 12.1. The van der Waals surface area contributed by atoms with Gasteiger partial charge in [0.1, 0.15) is 0 Å². The second-order valence-corrected chi connectivity index (χ2v) is 6.41. The van der Waals surface area contributed by atoms with Gasteiger partial charge < -0.3 is 9.47 Å². The summed E-state index contributed by atoms with van der Waals surface area (Å²) in [7, 11) is 3.31. The molecule has 0 aliphatic carbocycles. The molecule has 1 atom stereocenters. The molecular formula is C18H17FN4OS. The fraction of sp³-hybridized carbons (Fsp3) is 0.167. The second kappa shape index (κ2) is 7.48. The fourth-order valence-electron chi connectivity index (χ4n) is 2.33. The minimum absolute atomic E-state index is 0.348. The summed E-state index contributed by atoms with van der Waals surface area (Å²) in [5, 5.41) is 8.46. The lowest BCUT2D eigenvalue weighted by molar-refractivity contribution is -0.120. The Balaban J connectivity index is 1.74. The smallest absolute Gasteiger partial charge is 0.272 e. The number of nitrogens with zero attached hydrogens (tertiary/aromatic N) is 4. The van der Waals surface area contributed by atoms with Gasteiger partial charge in [0, 0.05) is 25.3 Å². The fourth-order valence-corrected chi connectivity index (χ4v) is 3.11. The SMILES string of the molecule is CN(C(=O)C(F)Sc1nnc(-c2ccccc2)n1C)c1ccccc1. The average Bonchev–Trinajstić information content (AvgIpc) is 3.02. The number of anilines is 1. The first-order valence-electron chi connectivity index (χ1n) is 7.66. The molecule has 3 rings (SSSR count). The molecule has 0 radical (unpaired) electrons. The number of rotatable bonds is 5. The van der Waals surface area contributed by atoms with Crippen LogP contribution in [0.25, 0.3) is 11.4 Å². The maximum absolute atomic E-state index is 14.5. The maximum Gasteiger partial charge on any atom is 0.272 e. The van der Waals surface area contributed by atoms with Crippen LogP contribution in [0, 0.1) is 0 Å². The number of para-hydroxylation sites is 1. The van der Waals surface area contributed by atoms with Gasteiger partial charge >= 0.3 is 0 Å². The van der Waals surface area contributed by atoms with E-state index in [0.717, 1.165) is 17.3 Å². The normalized spacial score (nSPS) is 12.0. The Hall–Kier alpha value is -2.67. The average molecular weight is 356 g/mol. The summed E-state index contributed by atoms with van der Waals surface area (Å²) in [6.45, 7) is 0. The van der Waals surface area contributed by atoms with Gasteiger partial charge in [-0.15, -0.1) is 10.2 Å². The van der Waals surface area contributed by atoms with Crippen LogP contribution in [0.4, 0.5) is 10.1 Å². The third kappa shape index (κ3) is 3.71. The van der Waals surface area contributed by atoms with Crippen molar-refractivity contribution >= 4 is 23.4 Å². The van der Waals surface area contributed by atoms with Crippen molar-refractivity contribution in [2.24, 2.45) is 7.05 Å². The van der Waals surface area contributed by atoms with Crippen LogP contribution in [0.2, 0.25) is 0 Å². The van der Waals surface area contributed by atoms with Crippen molar-refractivity contribution in [3.05, 3.63) is 60.7 Å². The van der Waals surface area contributed by atoms with Crippen molar-refractivity contribution in [3.63, 3.8) is 0 Å². The molecule has 5 nitrogen and oxygen atoms in total. The molecule has 0 saturated carbocycles. The van der Waals surface area contributed by atoms with Gasteiger partial charge in [-0.1, -0.05) is 48.5 Å². The number of hydrogen-bond acceptors (Lipinski definition) is 4. The molecule has 3 aromatic rings. The summed E-state index contributed by atoms with van der Waals surface area (Å²) in [6.07, 6.45) is 0. The van der Waals surface area contributed by atoms with Crippen LogP contribution in [0.1, 0.15) is 0 Å². The third-order valence-electron chi connectivity index (χ3n) is 3.74. The Kier molecular flexibility index (Phi) is 5.14. The molecule has 0 saturated heterocycles. The van der Waals surface area contributed by atoms with Crippen LogP contribution in [-0.2, 0) is 11.8 Å². The Bertz CT molecular complexity index is 854. The van der Waals surface area contributed by atoms with E-state index in [9.17, 15) is 9.18 Å². The van der Waals surface area contributed by atoms with E-state index in [0.29, 0.717) is 16.7 Å². The molecule has 0 fully saturated rings. The number of amides is 1. The highest BCUT2D eigenvalue weighted by Gasteiger charge is 2.26. The van der Waals surface area contributed by atoms with Crippen LogP contribution in [-0.4, -0.2) is 33.2 Å². The van der Waals surface area contributed by atoms with Crippen LogP contribution in [0.15, 0.2) is 65.8 Å². The van der Waals surface area contributed by atoms with Gasteiger partial charge in [0.2, 0.25) is 5.50 Å². The van der Waals surface area contributed by atoms with Crippen molar-refractivity contribution in [1.29, 1.82) is 0 Å². The van der Waals surface area contributed by atoms with E-state index in [1.54, 1.807) is 42.9 Å². The number of aromatic nitrogens is 3. The van der Waals surface area contributed by atoms with E-state index in [1.165, 1.54) is 4.90 Å². The van der Waals surface area contributed by atoms with Crippen LogP contribution in [0.3, 0.4) is 0 Å². The molecule has 0 N–H and O–H groups in total. The predicted molar refractivity (Wildman–Crippen MR) is 97.0 cm³/mol. The number of carbonyl (C=O) groups excluding carboxylic acids is 1. The van der Waals surface area contributed by atoms with E-state index in [4.69, 9.17) is 0 Å². The number of benzene rings is 2. The molecule has 1 heterocycles. The molecule has 0 aliphatic rings. The number of hydrogen-bond donors (Lipinski definition) is 0. The van der Waals surface area contributed by atoms with Crippen LogP contribution < -0.4 is 4.90 Å². The molecule has 128 valence electrons. The highest BCUT2D eigenvalue weighted by atomic mass is 32.2. The highest BCUT2D eigenvalue weighted by molar-refractivity contribution is 8.00. The zero-order valence-electron chi connectivity index (χ0n) is 13.8. The molecule has 7 heteroatoms. The van der Waals surface area contributed by atoms with Gasteiger partial charge in [-0.25, -0.2) is 4.39 Å². The van der Waals surface area contributed by atoms with E-state index in [-0.39, 0.29) is 0 Å². The second-order valence-electron chi connectivity index (χ2n) is 5.40. The summed E-state index contributed by atoms with van der Waals surface area (Å²) in [5.74, 6) is -0.0142. The van der Waals surface area contributed by atoms with Crippen molar-refractivity contribution in [2.75, 3.05) is 11.9 Å². The van der Waals surface area contributed by atoms with Crippen molar-refractivity contribution in [2.45, 2.75) is 10.7 Å². The quantitative estimate of drug-likeness (QED) is 0.656. The van der Waals surface area contributed by atoms with E-state index < -0.39 is 11.4 Å². The van der Waals surface area contributed by atoms with Gasteiger partial charge in [-0.05, 0) is 23.9 Å². The minimum Gasteiger partial charge on any atom is -0.312 e. The monoisotopic (exact) mass is 356 g/mol. The van der Waals surface area contributed by atoms with Gasteiger partial charge in [0.05, 0.1) is 0 Å². The molecule has 0 spiro atoms.